The molecule has 0 aliphatic carbocycles. The average molecular weight is 323 g/mol. The number of carbonyl (C=O) groups is 1. The van der Waals surface area contributed by atoms with Crippen molar-refractivity contribution in [1.82, 2.24) is 9.47 Å². The highest BCUT2D eigenvalue weighted by molar-refractivity contribution is 6.01. The van der Waals surface area contributed by atoms with Crippen molar-refractivity contribution >= 4 is 12.0 Å². The van der Waals surface area contributed by atoms with Crippen LogP contribution in [0.15, 0.2) is 35.9 Å². The molecule has 0 bridgehead atoms. The molecule has 0 saturated carbocycles. The summed E-state index contributed by atoms with van der Waals surface area (Å²) in [6, 6.07) is 11.7. The molecule has 0 atom stereocenters. The lowest BCUT2D eigenvalue weighted by Crippen LogP contribution is -2.22. The number of likely N-dealkylation sites (N-methyl/N-ethyl adjacent to an activating group) is 1. The van der Waals surface area contributed by atoms with Crippen molar-refractivity contribution in [2.75, 3.05) is 21.2 Å². The van der Waals surface area contributed by atoms with Crippen LogP contribution in [0.25, 0.3) is 11.8 Å². The summed E-state index contributed by atoms with van der Waals surface area (Å²) < 4.78 is 7.27. The van der Waals surface area contributed by atoms with Gasteiger partial charge in [-0.05, 0) is 55.8 Å². The largest absolute Gasteiger partial charge is 0.497 e. The van der Waals surface area contributed by atoms with Crippen molar-refractivity contribution in [3.8, 4) is 17.5 Å². The van der Waals surface area contributed by atoms with Gasteiger partial charge in [0.25, 0.3) is 5.91 Å². The van der Waals surface area contributed by atoms with E-state index in [1.807, 2.05) is 50.2 Å². The van der Waals surface area contributed by atoms with Gasteiger partial charge >= 0.3 is 0 Å². The Morgan fingerprint density at radius 1 is 1.25 bits per heavy atom. The number of ether oxygens (including phenoxy) is 1. The van der Waals surface area contributed by atoms with E-state index in [1.54, 1.807) is 27.3 Å². The number of nitriles is 1. The van der Waals surface area contributed by atoms with Gasteiger partial charge in [-0.3, -0.25) is 4.79 Å². The number of methoxy groups -OCH3 is 1. The summed E-state index contributed by atoms with van der Waals surface area (Å²) in [7, 11) is 4.90. The molecule has 24 heavy (non-hydrogen) atoms. The van der Waals surface area contributed by atoms with Gasteiger partial charge in [0.05, 0.1) is 7.11 Å². The fourth-order valence-electron chi connectivity index (χ4n) is 2.60. The van der Waals surface area contributed by atoms with Gasteiger partial charge in [0, 0.05) is 31.2 Å². The molecular weight excluding hydrogens is 302 g/mol. The number of nitrogens with zero attached hydrogens (tertiary/aromatic N) is 3. The Hall–Kier alpha value is -3.00. The molecule has 2 aromatic rings. The molecule has 2 rings (SSSR count). The zero-order chi connectivity index (χ0) is 17.9. The predicted molar refractivity (Wildman–Crippen MR) is 94.1 cm³/mol. The normalized spacial score (nSPS) is 11.1. The fourth-order valence-corrected chi connectivity index (χ4v) is 2.60. The second kappa shape index (κ2) is 7.05. The van der Waals surface area contributed by atoms with E-state index >= 15 is 0 Å². The van der Waals surface area contributed by atoms with Crippen molar-refractivity contribution in [2.45, 2.75) is 13.8 Å². The van der Waals surface area contributed by atoms with Crippen LogP contribution in [-0.2, 0) is 4.79 Å². The molecule has 1 aromatic heterocycles. The molecule has 1 heterocycles. The van der Waals surface area contributed by atoms with Crippen LogP contribution >= 0.6 is 0 Å². The maximum atomic E-state index is 12.0. The first-order valence-corrected chi connectivity index (χ1v) is 7.56. The summed E-state index contributed by atoms with van der Waals surface area (Å²) in [4.78, 5) is 13.4. The summed E-state index contributed by atoms with van der Waals surface area (Å²) in [5, 5.41) is 9.26. The highest BCUT2D eigenvalue weighted by Gasteiger charge is 2.14. The number of aryl methyl sites for hydroxylation is 1. The minimum Gasteiger partial charge on any atom is -0.497 e. The van der Waals surface area contributed by atoms with Crippen LogP contribution in [0.1, 0.15) is 17.0 Å². The highest BCUT2D eigenvalue weighted by Crippen LogP contribution is 2.24. The summed E-state index contributed by atoms with van der Waals surface area (Å²) in [5.41, 5.74) is 3.98. The average Bonchev–Trinajstić information content (AvgIpc) is 2.85. The fraction of sp³-hybridized carbons (Fsp3) is 0.263. The van der Waals surface area contributed by atoms with E-state index in [1.165, 1.54) is 4.90 Å². The summed E-state index contributed by atoms with van der Waals surface area (Å²) in [6.45, 7) is 3.96. The van der Waals surface area contributed by atoms with E-state index in [4.69, 9.17) is 4.74 Å². The number of aromatic nitrogens is 1. The van der Waals surface area contributed by atoms with Gasteiger partial charge in [-0.15, -0.1) is 0 Å². The molecule has 1 amide bonds. The maximum absolute atomic E-state index is 12.0. The lowest BCUT2D eigenvalue weighted by Gasteiger charge is -2.11. The van der Waals surface area contributed by atoms with E-state index in [0.29, 0.717) is 0 Å². The molecule has 0 N–H and O–H groups in total. The van der Waals surface area contributed by atoms with E-state index in [2.05, 4.69) is 4.57 Å². The van der Waals surface area contributed by atoms with Crippen LogP contribution in [0.2, 0.25) is 0 Å². The number of carbonyl (C=O) groups excluding carboxylic acids is 1. The van der Waals surface area contributed by atoms with Gasteiger partial charge in [-0.2, -0.15) is 5.26 Å². The Balaban J connectivity index is 2.49. The SMILES string of the molecule is COc1ccc(-n2c(C)cc(C=C(C#N)C(=O)N(C)C)c2C)cc1. The number of amides is 1. The highest BCUT2D eigenvalue weighted by atomic mass is 16.5. The topological polar surface area (TPSA) is 58.3 Å². The molecule has 1 aromatic carbocycles. The smallest absolute Gasteiger partial charge is 0.264 e. The number of benzene rings is 1. The van der Waals surface area contributed by atoms with Crippen LogP contribution < -0.4 is 4.74 Å². The number of rotatable bonds is 4. The van der Waals surface area contributed by atoms with Gasteiger partial charge < -0.3 is 14.2 Å². The number of hydrogen-bond donors (Lipinski definition) is 0. The van der Waals surface area contributed by atoms with E-state index in [0.717, 1.165) is 28.4 Å². The zero-order valence-electron chi connectivity index (χ0n) is 14.6. The van der Waals surface area contributed by atoms with Crippen LogP contribution in [0, 0.1) is 25.2 Å². The molecule has 0 aliphatic rings. The Kier molecular flexibility index (Phi) is 5.10. The summed E-state index contributed by atoms with van der Waals surface area (Å²) in [6.07, 6.45) is 1.64. The molecular formula is C19H21N3O2. The van der Waals surface area contributed by atoms with Crippen LogP contribution in [0.4, 0.5) is 0 Å². The molecule has 5 nitrogen and oxygen atoms in total. The van der Waals surface area contributed by atoms with Gasteiger partial charge in [0.1, 0.15) is 17.4 Å². The van der Waals surface area contributed by atoms with Gasteiger partial charge in [-0.25, -0.2) is 0 Å². The minimum absolute atomic E-state index is 0.120. The predicted octanol–water partition coefficient (Wildman–Crippen LogP) is 3.10. The number of hydrogen-bond acceptors (Lipinski definition) is 3. The first-order valence-electron chi connectivity index (χ1n) is 7.56. The maximum Gasteiger partial charge on any atom is 0.264 e. The third kappa shape index (κ3) is 3.33. The van der Waals surface area contributed by atoms with Gasteiger partial charge in [0.2, 0.25) is 0 Å². The molecule has 0 saturated heterocycles. The van der Waals surface area contributed by atoms with E-state index in [-0.39, 0.29) is 11.5 Å². The van der Waals surface area contributed by atoms with E-state index in [9.17, 15) is 10.1 Å². The van der Waals surface area contributed by atoms with Crippen molar-refractivity contribution in [1.29, 1.82) is 5.26 Å². The monoisotopic (exact) mass is 323 g/mol. The quantitative estimate of drug-likeness (QED) is 0.642. The Morgan fingerprint density at radius 2 is 1.88 bits per heavy atom. The molecule has 0 fully saturated rings. The van der Waals surface area contributed by atoms with Crippen LogP contribution in [-0.4, -0.2) is 36.6 Å². The summed E-state index contributed by atoms with van der Waals surface area (Å²) in [5.74, 6) is 0.497. The van der Waals surface area contributed by atoms with Crippen LogP contribution in [0.5, 0.6) is 5.75 Å². The van der Waals surface area contributed by atoms with Crippen molar-refractivity contribution in [3.05, 3.63) is 52.9 Å². The lowest BCUT2D eigenvalue weighted by molar-refractivity contribution is -0.124. The Bertz CT molecular complexity index is 822. The molecule has 124 valence electrons. The first kappa shape index (κ1) is 17.4. The standard InChI is InChI=1S/C19H21N3O2/c1-13-10-15(11-16(12-20)19(23)21(3)4)14(2)22(13)17-6-8-18(24-5)9-7-17/h6-11H,1-5H3. The zero-order valence-corrected chi connectivity index (χ0v) is 14.6. The van der Waals surface area contributed by atoms with Gasteiger partial charge in [-0.1, -0.05) is 0 Å². The third-order valence-corrected chi connectivity index (χ3v) is 3.86. The van der Waals surface area contributed by atoms with Crippen LogP contribution in [0.3, 0.4) is 0 Å². The minimum atomic E-state index is -0.299. The third-order valence-electron chi connectivity index (χ3n) is 3.86. The molecule has 0 radical (unpaired) electrons. The van der Waals surface area contributed by atoms with E-state index < -0.39 is 0 Å². The first-order chi connectivity index (χ1) is 11.4. The molecule has 0 spiro atoms. The second-order valence-corrected chi connectivity index (χ2v) is 5.73. The second-order valence-electron chi connectivity index (χ2n) is 5.73. The Labute approximate surface area is 142 Å². The Morgan fingerprint density at radius 3 is 2.38 bits per heavy atom. The van der Waals surface area contributed by atoms with Gasteiger partial charge in [0.15, 0.2) is 0 Å². The molecule has 0 unspecified atom stereocenters. The lowest BCUT2D eigenvalue weighted by atomic mass is 10.1. The molecule has 5 heteroatoms. The van der Waals surface area contributed by atoms with Crippen molar-refractivity contribution in [2.24, 2.45) is 0 Å². The summed E-state index contributed by atoms with van der Waals surface area (Å²) >= 11 is 0. The van der Waals surface area contributed by atoms with Crippen molar-refractivity contribution in [3.63, 3.8) is 0 Å². The molecule has 0 aliphatic heterocycles. The van der Waals surface area contributed by atoms with Crippen molar-refractivity contribution < 1.29 is 9.53 Å².